The van der Waals surface area contributed by atoms with Crippen molar-refractivity contribution in [2.45, 2.75) is 32.6 Å². The third-order valence-corrected chi connectivity index (χ3v) is 4.32. The fraction of sp³-hybridized carbons (Fsp3) is 0.611. The van der Waals surface area contributed by atoms with E-state index in [1.165, 1.54) is 10.6 Å². The Morgan fingerprint density at radius 1 is 1.13 bits per heavy atom. The molecule has 1 aromatic rings. The van der Waals surface area contributed by atoms with Crippen LogP contribution in [-0.2, 0) is 16.1 Å². The molecule has 1 aliphatic heterocycles. The molecule has 1 N–H and O–H groups in total. The second-order valence-corrected chi connectivity index (χ2v) is 6.90. The number of amides is 1. The molecule has 0 unspecified atom stereocenters. The maximum Gasteiger partial charge on any atom is 0.277 e. The lowest BCUT2D eigenvalue weighted by atomic mass is 10.2. The number of carbonyl (C=O) groups excluding carboxylic acids is 1. The molecule has 2 atom stereocenters. The summed E-state index contributed by atoms with van der Waals surface area (Å²) in [6.07, 6.45) is 0.455. The van der Waals surface area contributed by atoms with Gasteiger partial charge in [0, 0.05) is 33.4 Å². The number of hydrogen-bond donors (Lipinski definition) is 1. The highest BCUT2D eigenvalue weighted by atomic mass is 16.5. The SMILES string of the molecule is C[C@H]1C[NH+](CC(=O)N(C)Cc2ccc(N(C)C)cc2)C[C@H](C)O1. The Hall–Kier alpha value is -1.59. The number of benzene rings is 1. The number of nitrogens with one attached hydrogen (secondary N) is 1. The van der Waals surface area contributed by atoms with Gasteiger partial charge in [-0.2, -0.15) is 0 Å². The quantitative estimate of drug-likeness (QED) is 0.853. The van der Waals surface area contributed by atoms with Gasteiger partial charge in [-0.05, 0) is 31.5 Å². The maximum atomic E-state index is 12.5. The molecule has 1 aromatic carbocycles. The van der Waals surface area contributed by atoms with Gasteiger partial charge in [0.25, 0.3) is 5.91 Å². The summed E-state index contributed by atoms with van der Waals surface area (Å²) in [6.45, 7) is 7.17. The van der Waals surface area contributed by atoms with Crippen LogP contribution < -0.4 is 9.80 Å². The first-order valence-corrected chi connectivity index (χ1v) is 8.34. The van der Waals surface area contributed by atoms with E-state index in [-0.39, 0.29) is 18.1 Å². The molecule has 1 amide bonds. The van der Waals surface area contributed by atoms with Crippen molar-refractivity contribution >= 4 is 11.6 Å². The van der Waals surface area contributed by atoms with Crippen molar-refractivity contribution in [1.82, 2.24) is 4.90 Å². The number of quaternary nitrogens is 1. The number of rotatable bonds is 5. The maximum absolute atomic E-state index is 12.5. The van der Waals surface area contributed by atoms with E-state index in [4.69, 9.17) is 4.74 Å². The van der Waals surface area contributed by atoms with Crippen LogP contribution in [0.25, 0.3) is 0 Å². The van der Waals surface area contributed by atoms with E-state index in [1.807, 2.05) is 26.0 Å². The van der Waals surface area contributed by atoms with E-state index in [0.29, 0.717) is 13.1 Å². The van der Waals surface area contributed by atoms with Crippen molar-refractivity contribution in [1.29, 1.82) is 0 Å². The van der Waals surface area contributed by atoms with Crippen molar-refractivity contribution in [3.63, 3.8) is 0 Å². The first kappa shape index (κ1) is 17.8. The third-order valence-electron chi connectivity index (χ3n) is 4.32. The normalized spacial score (nSPS) is 24.3. The first-order valence-electron chi connectivity index (χ1n) is 8.34. The van der Waals surface area contributed by atoms with Crippen molar-refractivity contribution in [2.75, 3.05) is 45.7 Å². The summed E-state index contributed by atoms with van der Waals surface area (Å²) in [4.78, 5) is 17.7. The summed E-state index contributed by atoms with van der Waals surface area (Å²) >= 11 is 0. The summed E-state index contributed by atoms with van der Waals surface area (Å²) in [7, 11) is 5.93. The smallest absolute Gasteiger partial charge is 0.277 e. The Balaban J connectivity index is 1.87. The zero-order chi connectivity index (χ0) is 17.0. The van der Waals surface area contributed by atoms with Crippen LogP contribution >= 0.6 is 0 Å². The lowest BCUT2D eigenvalue weighted by Crippen LogP contribution is -3.16. The average Bonchev–Trinajstić information content (AvgIpc) is 2.46. The molecule has 0 radical (unpaired) electrons. The third kappa shape index (κ3) is 5.22. The fourth-order valence-electron chi connectivity index (χ4n) is 3.14. The summed E-state index contributed by atoms with van der Waals surface area (Å²) < 4.78 is 5.73. The monoisotopic (exact) mass is 320 g/mol. The molecular weight excluding hydrogens is 290 g/mol. The molecule has 5 heteroatoms. The highest BCUT2D eigenvalue weighted by Crippen LogP contribution is 2.13. The van der Waals surface area contributed by atoms with E-state index in [1.54, 1.807) is 0 Å². The molecule has 1 heterocycles. The highest BCUT2D eigenvalue weighted by Gasteiger charge is 2.28. The van der Waals surface area contributed by atoms with Crippen LogP contribution in [0.3, 0.4) is 0 Å². The Morgan fingerprint density at radius 2 is 1.70 bits per heavy atom. The molecule has 23 heavy (non-hydrogen) atoms. The number of likely N-dealkylation sites (N-methyl/N-ethyl adjacent to an activating group) is 1. The van der Waals surface area contributed by atoms with Gasteiger partial charge in [-0.25, -0.2) is 0 Å². The fourth-order valence-corrected chi connectivity index (χ4v) is 3.14. The van der Waals surface area contributed by atoms with E-state index in [0.717, 1.165) is 18.7 Å². The van der Waals surface area contributed by atoms with Gasteiger partial charge in [0.2, 0.25) is 0 Å². The van der Waals surface area contributed by atoms with Gasteiger partial charge in [-0.3, -0.25) is 4.79 Å². The molecule has 0 aliphatic carbocycles. The minimum Gasteiger partial charge on any atom is -0.378 e. The number of ether oxygens (including phenoxy) is 1. The summed E-state index contributed by atoms with van der Waals surface area (Å²) in [6, 6.07) is 8.35. The van der Waals surface area contributed by atoms with Crippen LogP contribution in [0.5, 0.6) is 0 Å². The van der Waals surface area contributed by atoms with Gasteiger partial charge in [0.15, 0.2) is 6.54 Å². The lowest BCUT2D eigenvalue weighted by Gasteiger charge is -2.32. The molecule has 1 saturated heterocycles. The van der Waals surface area contributed by atoms with Gasteiger partial charge in [0.1, 0.15) is 25.3 Å². The van der Waals surface area contributed by atoms with E-state index >= 15 is 0 Å². The number of anilines is 1. The first-order chi connectivity index (χ1) is 10.8. The Labute approximate surface area is 139 Å². The van der Waals surface area contributed by atoms with Crippen molar-refractivity contribution in [3.8, 4) is 0 Å². The van der Waals surface area contributed by atoms with Crippen LogP contribution in [0, 0.1) is 0 Å². The second-order valence-electron chi connectivity index (χ2n) is 6.90. The van der Waals surface area contributed by atoms with Crippen LogP contribution in [0.2, 0.25) is 0 Å². The molecule has 0 bridgehead atoms. The molecule has 2 rings (SSSR count). The molecule has 0 aromatic heterocycles. The lowest BCUT2D eigenvalue weighted by molar-refractivity contribution is -0.907. The molecule has 128 valence electrons. The second kappa shape index (κ2) is 7.79. The van der Waals surface area contributed by atoms with Crippen LogP contribution in [0.1, 0.15) is 19.4 Å². The van der Waals surface area contributed by atoms with Crippen molar-refractivity contribution < 1.29 is 14.4 Å². The number of hydrogen-bond acceptors (Lipinski definition) is 3. The van der Waals surface area contributed by atoms with E-state index in [2.05, 4.69) is 43.0 Å². The van der Waals surface area contributed by atoms with Crippen LogP contribution in [0.4, 0.5) is 5.69 Å². The molecular formula is C18H30N3O2+. The van der Waals surface area contributed by atoms with E-state index < -0.39 is 0 Å². The zero-order valence-electron chi connectivity index (χ0n) is 15.0. The molecule has 0 spiro atoms. The molecule has 0 saturated carbocycles. The standard InChI is InChI=1S/C18H29N3O2/c1-14-10-21(11-15(2)23-14)13-18(22)20(5)12-16-6-8-17(9-7-16)19(3)4/h6-9,14-15H,10-13H2,1-5H3/p+1/t14-,15-/m0/s1. The van der Waals surface area contributed by atoms with Gasteiger partial charge in [0.05, 0.1) is 0 Å². The van der Waals surface area contributed by atoms with Gasteiger partial charge >= 0.3 is 0 Å². The number of nitrogens with zero attached hydrogens (tertiary/aromatic N) is 2. The molecule has 5 nitrogen and oxygen atoms in total. The topological polar surface area (TPSA) is 37.2 Å². The zero-order valence-corrected chi connectivity index (χ0v) is 15.0. The molecule has 1 fully saturated rings. The van der Waals surface area contributed by atoms with Gasteiger partial charge in [-0.1, -0.05) is 12.1 Å². The van der Waals surface area contributed by atoms with E-state index in [9.17, 15) is 4.79 Å². The van der Waals surface area contributed by atoms with Crippen LogP contribution in [0.15, 0.2) is 24.3 Å². The van der Waals surface area contributed by atoms with Crippen LogP contribution in [-0.4, -0.2) is 63.8 Å². The minimum atomic E-state index is 0.193. The summed E-state index contributed by atoms with van der Waals surface area (Å²) in [5, 5.41) is 0. The molecule has 1 aliphatic rings. The Morgan fingerprint density at radius 3 is 2.22 bits per heavy atom. The predicted octanol–water partition coefficient (Wildman–Crippen LogP) is 0.403. The summed E-state index contributed by atoms with van der Waals surface area (Å²) in [5.74, 6) is 0.193. The number of carbonyl (C=O) groups is 1. The summed E-state index contributed by atoms with van der Waals surface area (Å²) in [5.41, 5.74) is 2.33. The van der Waals surface area contributed by atoms with Gasteiger partial charge < -0.3 is 19.4 Å². The van der Waals surface area contributed by atoms with Crippen molar-refractivity contribution in [3.05, 3.63) is 29.8 Å². The van der Waals surface area contributed by atoms with Gasteiger partial charge in [-0.15, -0.1) is 0 Å². The van der Waals surface area contributed by atoms with Crippen molar-refractivity contribution in [2.24, 2.45) is 0 Å². The largest absolute Gasteiger partial charge is 0.378 e. The Bertz CT molecular complexity index is 506. The predicted molar refractivity (Wildman–Crippen MR) is 92.8 cm³/mol. The average molecular weight is 320 g/mol. The minimum absolute atomic E-state index is 0.193. The highest BCUT2D eigenvalue weighted by molar-refractivity contribution is 5.76. The Kier molecular flexibility index (Phi) is 6.02. The number of morpholine rings is 1.